The van der Waals surface area contributed by atoms with Gasteiger partial charge in [0.2, 0.25) is 0 Å². The fourth-order valence-electron chi connectivity index (χ4n) is 1.89. The number of hydrogen-bond donors (Lipinski definition) is 3. The van der Waals surface area contributed by atoms with Crippen LogP contribution in [0.25, 0.3) is 0 Å². The molecule has 0 aliphatic carbocycles. The number of carbonyl (C=O) groups excluding carboxylic acids is 1. The first kappa shape index (κ1) is 13.0. The average Bonchev–Trinajstić information content (AvgIpc) is 2.36. The number of anilines is 2. The Bertz CT molecular complexity index is 636. The summed E-state index contributed by atoms with van der Waals surface area (Å²) in [5, 5.41) is 12.4. The monoisotopic (exact) mass is 256 g/mol. The van der Waals surface area contributed by atoms with Crippen LogP contribution in [0.5, 0.6) is 5.75 Å². The molecule has 4 heteroatoms. The number of carbonyl (C=O) groups is 1. The number of phenolic OH excluding ortho intramolecular Hbond substituents is 1. The molecule has 19 heavy (non-hydrogen) atoms. The van der Waals surface area contributed by atoms with E-state index in [-0.39, 0.29) is 11.7 Å². The van der Waals surface area contributed by atoms with Crippen molar-refractivity contribution in [2.75, 3.05) is 11.1 Å². The van der Waals surface area contributed by atoms with Crippen LogP contribution >= 0.6 is 0 Å². The van der Waals surface area contributed by atoms with Gasteiger partial charge >= 0.3 is 0 Å². The molecule has 0 heterocycles. The summed E-state index contributed by atoms with van der Waals surface area (Å²) >= 11 is 0. The molecule has 0 fully saturated rings. The minimum absolute atomic E-state index is 0.113. The van der Waals surface area contributed by atoms with Crippen LogP contribution < -0.4 is 11.1 Å². The molecular formula is C15H16N2O2. The van der Waals surface area contributed by atoms with E-state index in [1.54, 1.807) is 43.3 Å². The van der Waals surface area contributed by atoms with E-state index in [1.165, 1.54) is 0 Å². The number of nitrogens with one attached hydrogen (secondary N) is 1. The largest absolute Gasteiger partial charge is 0.508 e. The molecular weight excluding hydrogens is 240 g/mol. The van der Waals surface area contributed by atoms with Crippen LogP contribution in [0.2, 0.25) is 0 Å². The number of hydrogen-bond acceptors (Lipinski definition) is 3. The van der Waals surface area contributed by atoms with E-state index in [2.05, 4.69) is 5.32 Å². The molecule has 2 rings (SSSR count). The van der Waals surface area contributed by atoms with Gasteiger partial charge in [-0.1, -0.05) is 6.07 Å². The number of aryl methyl sites for hydroxylation is 1. The summed E-state index contributed by atoms with van der Waals surface area (Å²) in [5.41, 5.74) is 8.95. The molecule has 0 bridgehead atoms. The van der Waals surface area contributed by atoms with Gasteiger partial charge < -0.3 is 16.2 Å². The smallest absolute Gasteiger partial charge is 0.256 e. The molecule has 0 saturated heterocycles. The number of benzene rings is 2. The van der Waals surface area contributed by atoms with Crippen molar-refractivity contribution in [2.45, 2.75) is 13.8 Å². The molecule has 2 aromatic rings. The summed E-state index contributed by atoms with van der Waals surface area (Å²) in [6, 6.07) is 10.2. The van der Waals surface area contributed by atoms with Crippen LogP contribution in [0.1, 0.15) is 21.5 Å². The van der Waals surface area contributed by atoms with E-state index in [1.807, 2.05) is 6.92 Å². The van der Waals surface area contributed by atoms with Crippen LogP contribution in [0, 0.1) is 13.8 Å². The maximum Gasteiger partial charge on any atom is 0.256 e. The molecule has 0 aliphatic rings. The summed E-state index contributed by atoms with van der Waals surface area (Å²) in [7, 11) is 0. The molecule has 0 saturated carbocycles. The Balaban J connectivity index is 2.28. The molecule has 0 aliphatic heterocycles. The first-order chi connectivity index (χ1) is 8.99. The summed E-state index contributed by atoms with van der Waals surface area (Å²) in [6.07, 6.45) is 0. The number of phenols is 1. The minimum atomic E-state index is -0.249. The van der Waals surface area contributed by atoms with E-state index in [0.717, 1.165) is 5.56 Å². The Labute approximate surface area is 111 Å². The predicted octanol–water partition coefficient (Wildman–Crippen LogP) is 2.84. The van der Waals surface area contributed by atoms with Crippen LogP contribution in [0.4, 0.5) is 11.4 Å². The molecule has 4 N–H and O–H groups in total. The maximum absolute atomic E-state index is 12.2. The average molecular weight is 256 g/mol. The van der Waals surface area contributed by atoms with Gasteiger partial charge in [-0.25, -0.2) is 0 Å². The third kappa shape index (κ3) is 2.68. The van der Waals surface area contributed by atoms with Crippen molar-refractivity contribution in [1.29, 1.82) is 0 Å². The van der Waals surface area contributed by atoms with Gasteiger partial charge in [-0.3, -0.25) is 4.79 Å². The van der Waals surface area contributed by atoms with Gasteiger partial charge in [-0.05, 0) is 49.7 Å². The third-order valence-electron chi connectivity index (χ3n) is 3.05. The Morgan fingerprint density at radius 3 is 2.63 bits per heavy atom. The van der Waals surface area contributed by atoms with E-state index < -0.39 is 0 Å². The Morgan fingerprint density at radius 2 is 1.95 bits per heavy atom. The summed E-state index contributed by atoms with van der Waals surface area (Å²) in [5.74, 6) is -0.136. The topological polar surface area (TPSA) is 75.3 Å². The fourth-order valence-corrected chi connectivity index (χ4v) is 1.89. The molecule has 0 aromatic heterocycles. The summed E-state index contributed by atoms with van der Waals surface area (Å²) < 4.78 is 0. The quantitative estimate of drug-likeness (QED) is 0.723. The number of nitrogens with two attached hydrogens (primary N) is 1. The molecule has 98 valence electrons. The van der Waals surface area contributed by atoms with Crippen molar-refractivity contribution in [3.8, 4) is 5.75 Å². The molecule has 0 unspecified atom stereocenters. The number of aromatic hydroxyl groups is 1. The first-order valence-corrected chi connectivity index (χ1v) is 5.95. The van der Waals surface area contributed by atoms with Crippen LogP contribution in [0.3, 0.4) is 0 Å². The van der Waals surface area contributed by atoms with Gasteiger partial charge in [0.1, 0.15) is 5.75 Å². The van der Waals surface area contributed by atoms with Crippen molar-refractivity contribution in [3.63, 3.8) is 0 Å². The minimum Gasteiger partial charge on any atom is -0.508 e. The Kier molecular flexibility index (Phi) is 3.42. The summed E-state index contributed by atoms with van der Waals surface area (Å²) in [4.78, 5) is 12.2. The number of nitrogen functional groups attached to an aromatic ring is 1. The third-order valence-corrected chi connectivity index (χ3v) is 3.05. The van der Waals surface area contributed by atoms with E-state index in [9.17, 15) is 9.90 Å². The highest BCUT2D eigenvalue weighted by atomic mass is 16.3. The second-order valence-electron chi connectivity index (χ2n) is 4.48. The van der Waals surface area contributed by atoms with Crippen molar-refractivity contribution in [3.05, 3.63) is 53.1 Å². The predicted molar refractivity (Wildman–Crippen MR) is 76.4 cm³/mol. The molecule has 4 nitrogen and oxygen atoms in total. The SMILES string of the molecule is Cc1cc(N)ccc1NC(=O)c1cccc(O)c1C. The van der Waals surface area contributed by atoms with Crippen molar-refractivity contribution in [2.24, 2.45) is 0 Å². The van der Waals surface area contributed by atoms with Gasteiger partial charge in [0.25, 0.3) is 5.91 Å². The van der Waals surface area contributed by atoms with Crippen molar-refractivity contribution in [1.82, 2.24) is 0 Å². The highest BCUT2D eigenvalue weighted by molar-refractivity contribution is 6.06. The zero-order valence-corrected chi connectivity index (χ0v) is 10.9. The normalized spacial score (nSPS) is 10.2. The van der Waals surface area contributed by atoms with Crippen molar-refractivity contribution >= 4 is 17.3 Å². The maximum atomic E-state index is 12.2. The van der Waals surface area contributed by atoms with E-state index in [0.29, 0.717) is 22.5 Å². The molecule has 0 atom stereocenters. The van der Waals surface area contributed by atoms with Gasteiger partial charge in [-0.2, -0.15) is 0 Å². The lowest BCUT2D eigenvalue weighted by Crippen LogP contribution is -2.14. The Hall–Kier alpha value is -2.49. The standard InChI is InChI=1S/C15H16N2O2/c1-9-8-11(16)6-7-13(9)17-15(19)12-4-3-5-14(18)10(12)2/h3-8,18H,16H2,1-2H3,(H,17,19). The van der Waals surface area contributed by atoms with E-state index in [4.69, 9.17) is 5.73 Å². The fraction of sp³-hybridized carbons (Fsp3) is 0.133. The van der Waals surface area contributed by atoms with Gasteiger partial charge in [-0.15, -0.1) is 0 Å². The lowest BCUT2D eigenvalue weighted by atomic mass is 10.1. The van der Waals surface area contributed by atoms with Crippen molar-refractivity contribution < 1.29 is 9.90 Å². The molecule has 0 radical (unpaired) electrons. The summed E-state index contributed by atoms with van der Waals surface area (Å²) in [6.45, 7) is 3.58. The molecule has 1 amide bonds. The molecule has 2 aromatic carbocycles. The van der Waals surface area contributed by atoms with Gasteiger partial charge in [0.05, 0.1) is 0 Å². The van der Waals surface area contributed by atoms with Crippen LogP contribution in [-0.4, -0.2) is 11.0 Å². The number of amides is 1. The highest BCUT2D eigenvalue weighted by Gasteiger charge is 2.12. The lowest BCUT2D eigenvalue weighted by Gasteiger charge is -2.11. The second-order valence-corrected chi connectivity index (χ2v) is 4.48. The number of rotatable bonds is 2. The van der Waals surface area contributed by atoms with Gasteiger partial charge in [0.15, 0.2) is 0 Å². The van der Waals surface area contributed by atoms with Crippen LogP contribution in [0.15, 0.2) is 36.4 Å². The zero-order valence-electron chi connectivity index (χ0n) is 10.9. The lowest BCUT2D eigenvalue weighted by molar-refractivity contribution is 0.102. The van der Waals surface area contributed by atoms with Crippen LogP contribution in [-0.2, 0) is 0 Å². The van der Waals surface area contributed by atoms with E-state index >= 15 is 0 Å². The highest BCUT2D eigenvalue weighted by Crippen LogP contribution is 2.22. The zero-order chi connectivity index (χ0) is 14.0. The second kappa shape index (κ2) is 5.02. The molecule has 0 spiro atoms. The Morgan fingerprint density at radius 1 is 1.21 bits per heavy atom. The van der Waals surface area contributed by atoms with Gasteiger partial charge in [0, 0.05) is 22.5 Å². The first-order valence-electron chi connectivity index (χ1n) is 5.95.